The summed E-state index contributed by atoms with van der Waals surface area (Å²) in [6.07, 6.45) is 0. The Morgan fingerprint density at radius 2 is 1.09 bits per heavy atom. The van der Waals surface area contributed by atoms with Gasteiger partial charge in [0.25, 0.3) is 0 Å². The second kappa shape index (κ2) is 10.2. The second-order valence-electron chi connectivity index (χ2n) is 12.8. The molecule has 0 spiro atoms. The van der Waals surface area contributed by atoms with Crippen LogP contribution < -0.4 is 0 Å². The van der Waals surface area contributed by atoms with Crippen molar-refractivity contribution in [2.75, 3.05) is 0 Å². The Labute approximate surface area is 269 Å². The maximum absolute atomic E-state index is 5.46. The third kappa shape index (κ3) is 4.00. The number of fused-ring (bicyclic) bond motifs is 7. The summed E-state index contributed by atoms with van der Waals surface area (Å²) >= 11 is 0. The minimum Gasteiger partial charge on any atom is -0.293 e. The van der Waals surface area contributed by atoms with Gasteiger partial charge >= 0.3 is 0 Å². The summed E-state index contributed by atoms with van der Waals surface area (Å²) < 4.78 is 2.41. The number of aromatic nitrogens is 2. The van der Waals surface area contributed by atoms with Gasteiger partial charge < -0.3 is 0 Å². The Balaban J connectivity index is 1.34. The molecule has 0 radical (unpaired) electrons. The normalized spacial score (nSPS) is 13.2. The van der Waals surface area contributed by atoms with Gasteiger partial charge in [-0.25, -0.2) is 4.98 Å². The third-order valence-corrected chi connectivity index (χ3v) is 9.82. The summed E-state index contributed by atoms with van der Waals surface area (Å²) in [5.74, 6) is 0.922. The summed E-state index contributed by atoms with van der Waals surface area (Å²) in [7, 11) is 0. The van der Waals surface area contributed by atoms with Crippen molar-refractivity contribution in [1.29, 1.82) is 0 Å². The monoisotopic (exact) mass is 588 g/mol. The van der Waals surface area contributed by atoms with Crippen molar-refractivity contribution in [3.8, 4) is 50.5 Å². The van der Waals surface area contributed by atoms with E-state index in [1.807, 2.05) is 0 Å². The fourth-order valence-corrected chi connectivity index (χ4v) is 7.52. The van der Waals surface area contributed by atoms with E-state index in [1.165, 1.54) is 55.2 Å². The van der Waals surface area contributed by atoms with Gasteiger partial charge in [0.05, 0.1) is 16.7 Å². The molecule has 6 aromatic carbocycles. The molecule has 2 heteroatoms. The molecule has 0 atom stereocenters. The number of hydrogen-bond acceptors (Lipinski definition) is 1. The molecule has 9 rings (SSSR count). The lowest BCUT2D eigenvalue weighted by atomic mass is 9.82. The zero-order valence-corrected chi connectivity index (χ0v) is 25.9. The van der Waals surface area contributed by atoms with Gasteiger partial charge in [-0.3, -0.25) is 4.57 Å². The van der Waals surface area contributed by atoms with E-state index in [0.29, 0.717) is 0 Å². The molecule has 0 saturated heterocycles. The van der Waals surface area contributed by atoms with Crippen molar-refractivity contribution < 1.29 is 0 Å². The molecule has 1 aliphatic carbocycles. The van der Waals surface area contributed by atoms with Crippen LogP contribution >= 0.6 is 0 Å². The highest BCUT2D eigenvalue weighted by Crippen LogP contribution is 2.52. The van der Waals surface area contributed by atoms with E-state index >= 15 is 0 Å². The zero-order valence-electron chi connectivity index (χ0n) is 25.9. The first-order valence-electron chi connectivity index (χ1n) is 16.0. The topological polar surface area (TPSA) is 17.8 Å². The Morgan fingerprint density at radius 1 is 0.478 bits per heavy atom. The molecule has 0 fully saturated rings. The van der Waals surface area contributed by atoms with Crippen molar-refractivity contribution in [3.63, 3.8) is 0 Å². The Morgan fingerprint density at radius 3 is 1.85 bits per heavy atom. The highest BCUT2D eigenvalue weighted by atomic mass is 15.1. The molecule has 0 saturated carbocycles. The van der Waals surface area contributed by atoms with Crippen LogP contribution in [-0.4, -0.2) is 9.55 Å². The van der Waals surface area contributed by atoms with Gasteiger partial charge in [0.2, 0.25) is 0 Å². The van der Waals surface area contributed by atoms with Crippen LogP contribution in [-0.2, 0) is 5.41 Å². The van der Waals surface area contributed by atoms with Crippen molar-refractivity contribution in [3.05, 3.63) is 169 Å². The molecule has 0 amide bonds. The van der Waals surface area contributed by atoms with Crippen molar-refractivity contribution in [1.82, 2.24) is 9.55 Å². The Kier molecular flexibility index (Phi) is 5.88. The Bertz CT molecular complexity index is 2410. The fourth-order valence-electron chi connectivity index (χ4n) is 7.52. The number of hydrogen-bond donors (Lipinski definition) is 0. The lowest BCUT2D eigenvalue weighted by Crippen LogP contribution is -2.14. The molecular formula is C44H32N2. The van der Waals surface area contributed by atoms with Crippen LogP contribution in [0.25, 0.3) is 72.3 Å². The summed E-state index contributed by atoms with van der Waals surface area (Å²) in [6.45, 7) is 4.70. The van der Waals surface area contributed by atoms with Crippen LogP contribution in [0.4, 0.5) is 0 Å². The largest absolute Gasteiger partial charge is 0.293 e. The van der Waals surface area contributed by atoms with E-state index in [4.69, 9.17) is 4.98 Å². The van der Waals surface area contributed by atoms with E-state index in [9.17, 15) is 0 Å². The lowest BCUT2D eigenvalue weighted by Gasteiger charge is -2.21. The van der Waals surface area contributed by atoms with E-state index in [1.54, 1.807) is 0 Å². The smallest absolute Gasteiger partial charge is 0.138 e. The van der Waals surface area contributed by atoms with E-state index in [2.05, 4.69) is 176 Å². The molecule has 0 unspecified atom stereocenters. The van der Waals surface area contributed by atoms with E-state index in [-0.39, 0.29) is 5.41 Å². The van der Waals surface area contributed by atoms with Crippen LogP contribution in [0, 0.1) is 0 Å². The number of rotatable bonds is 4. The second-order valence-corrected chi connectivity index (χ2v) is 12.8. The molecule has 2 nitrogen and oxygen atoms in total. The van der Waals surface area contributed by atoms with Gasteiger partial charge in [-0.05, 0) is 57.1 Å². The van der Waals surface area contributed by atoms with Gasteiger partial charge in [-0.15, -0.1) is 0 Å². The zero-order chi connectivity index (χ0) is 30.8. The molecule has 0 bridgehead atoms. The number of pyridine rings is 1. The van der Waals surface area contributed by atoms with E-state index < -0.39 is 0 Å². The summed E-state index contributed by atoms with van der Waals surface area (Å²) in [5, 5.41) is 2.49. The predicted molar refractivity (Wildman–Crippen MR) is 192 cm³/mol. The van der Waals surface area contributed by atoms with Crippen molar-refractivity contribution in [2.24, 2.45) is 0 Å². The predicted octanol–water partition coefficient (Wildman–Crippen LogP) is 11.5. The quantitative estimate of drug-likeness (QED) is 0.200. The number of nitrogens with zero attached hydrogens (tertiary/aromatic N) is 2. The van der Waals surface area contributed by atoms with Gasteiger partial charge in [0.1, 0.15) is 5.82 Å². The molecule has 46 heavy (non-hydrogen) atoms. The number of benzene rings is 6. The molecule has 8 aromatic rings. The van der Waals surface area contributed by atoms with E-state index in [0.717, 1.165) is 28.2 Å². The van der Waals surface area contributed by atoms with Gasteiger partial charge in [0, 0.05) is 27.3 Å². The molecule has 0 aliphatic heterocycles. The van der Waals surface area contributed by atoms with Gasteiger partial charge in [0.15, 0.2) is 0 Å². The molecule has 2 heterocycles. The molecular weight excluding hydrogens is 556 g/mol. The summed E-state index contributed by atoms with van der Waals surface area (Å²) in [4.78, 5) is 5.46. The minimum absolute atomic E-state index is 0.0909. The van der Waals surface area contributed by atoms with Crippen molar-refractivity contribution in [2.45, 2.75) is 19.3 Å². The first-order valence-corrected chi connectivity index (χ1v) is 16.0. The highest BCUT2D eigenvalue weighted by molar-refractivity contribution is 6.15. The third-order valence-electron chi connectivity index (χ3n) is 9.82. The Hall–Kier alpha value is -5.73. The standard InChI is InChI=1S/C44H32N2/c1-44(2)37-19-11-9-18-36(37)42-38(44)26-25-35-34-17-10-12-20-40(34)46(43(35)42)41-28-33(30-15-7-4-8-16-30)27-39(45-41)32-23-21-31(22-24-32)29-13-5-3-6-14-29/h3-28H,1-2H3. The fraction of sp³-hybridized carbons (Fsp3) is 0.0682. The molecule has 0 N–H and O–H groups in total. The highest BCUT2D eigenvalue weighted by Gasteiger charge is 2.37. The van der Waals surface area contributed by atoms with Crippen molar-refractivity contribution >= 4 is 21.8 Å². The first kappa shape index (κ1) is 26.7. The minimum atomic E-state index is -0.0909. The SMILES string of the molecule is CC1(C)c2ccccc2-c2c1ccc1c3ccccc3n(-c3cc(-c4ccccc4)cc(-c4ccc(-c5ccccc5)cc4)n3)c21. The summed E-state index contributed by atoms with van der Waals surface area (Å²) in [6, 6.07) is 56.8. The van der Waals surface area contributed by atoms with Crippen LogP contribution in [0.15, 0.2) is 158 Å². The first-order chi connectivity index (χ1) is 22.6. The van der Waals surface area contributed by atoms with Crippen LogP contribution in [0.3, 0.4) is 0 Å². The van der Waals surface area contributed by atoms with Crippen LogP contribution in [0.1, 0.15) is 25.0 Å². The molecule has 218 valence electrons. The van der Waals surface area contributed by atoms with Crippen LogP contribution in [0.5, 0.6) is 0 Å². The van der Waals surface area contributed by atoms with Gasteiger partial charge in [-0.2, -0.15) is 0 Å². The molecule has 1 aliphatic rings. The average molecular weight is 589 g/mol. The summed E-state index contributed by atoms with van der Waals surface area (Å²) in [5.41, 5.74) is 14.4. The average Bonchev–Trinajstić information content (AvgIpc) is 3.58. The maximum Gasteiger partial charge on any atom is 0.138 e. The van der Waals surface area contributed by atoms with Crippen LogP contribution in [0.2, 0.25) is 0 Å². The number of para-hydroxylation sites is 1. The van der Waals surface area contributed by atoms with Gasteiger partial charge in [-0.1, -0.05) is 153 Å². The molecule has 2 aromatic heterocycles. The lowest BCUT2D eigenvalue weighted by molar-refractivity contribution is 0.661. The maximum atomic E-state index is 5.46.